The van der Waals surface area contributed by atoms with Gasteiger partial charge in [0.2, 0.25) is 11.8 Å². The first-order valence-electron chi connectivity index (χ1n) is 12.8. The quantitative estimate of drug-likeness (QED) is 0.232. The molecule has 2 aromatic heterocycles. The average molecular weight is 604 g/mol. The number of anilines is 1. The van der Waals surface area contributed by atoms with Crippen molar-refractivity contribution in [2.75, 3.05) is 32.6 Å². The molecule has 0 fully saturated rings. The number of carbonyl (C=O) groups is 3. The van der Waals surface area contributed by atoms with Gasteiger partial charge in [-0.3, -0.25) is 14.4 Å². The van der Waals surface area contributed by atoms with E-state index in [4.69, 9.17) is 35.8 Å². The van der Waals surface area contributed by atoms with Crippen LogP contribution in [0.2, 0.25) is 10.0 Å². The fourth-order valence-corrected chi connectivity index (χ4v) is 4.66. The Labute approximate surface area is 255 Å². The van der Waals surface area contributed by atoms with E-state index in [0.29, 0.717) is 44.5 Å². The van der Waals surface area contributed by atoms with E-state index in [1.165, 1.54) is 15.9 Å². The molecule has 0 aliphatic carbocycles. The lowest BCUT2D eigenvalue weighted by molar-refractivity contribution is -0.122. The molecule has 0 aliphatic heterocycles. The van der Waals surface area contributed by atoms with Crippen LogP contribution >= 0.6 is 23.2 Å². The number of ether oxygens (including phenoxy) is 1. The fourth-order valence-electron chi connectivity index (χ4n) is 4.05. The molecule has 12 heteroatoms. The highest BCUT2D eigenvalue weighted by molar-refractivity contribution is 6.38. The second-order valence-corrected chi connectivity index (χ2v) is 10.4. The number of nitrogens with one attached hydrogen (secondary N) is 1. The van der Waals surface area contributed by atoms with Crippen LogP contribution in [-0.4, -0.2) is 67.5 Å². The second-order valence-electron chi connectivity index (χ2n) is 9.62. The van der Waals surface area contributed by atoms with Crippen molar-refractivity contribution < 1.29 is 19.1 Å². The third-order valence-corrected chi connectivity index (χ3v) is 7.29. The summed E-state index contributed by atoms with van der Waals surface area (Å²) in [5.74, 6) is -0.468. The summed E-state index contributed by atoms with van der Waals surface area (Å²) in [5.41, 5.74) is 3.92. The number of fused-ring (bicyclic) bond motifs is 1. The molecular weight excluding hydrogens is 576 g/mol. The van der Waals surface area contributed by atoms with Gasteiger partial charge in [0.05, 0.1) is 17.3 Å². The number of hydrogen-bond acceptors (Lipinski definition) is 5. The van der Waals surface area contributed by atoms with Crippen molar-refractivity contribution in [2.24, 2.45) is 0 Å². The lowest BCUT2D eigenvalue weighted by Gasteiger charge is -2.21. The van der Waals surface area contributed by atoms with Gasteiger partial charge < -0.3 is 24.3 Å². The van der Waals surface area contributed by atoms with E-state index >= 15 is 0 Å². The summed E-state index contributed by atoms with van der Waals surface area (Å²) in [6, 6.07) is 13.6. The Bertz CT molecular complexity index is 1690. The van der Waals surface area contributed by atoms with Gasteiger partial charge in [-0.25, -0.2) is 4.98 Å². The molecule has 2 radical (unpaired) electrons. The summed E-state index contributed by atoms with van der Waals surface area (Å²) in [6.45, 7) is 1.57. The number of nitrogens with zero attached hydrogens (tertiary/aromatic N) is 4. The van der Waals surface area contributed by atoms with E-state index in [0.717, 1.165) is 5.56 Å². The van der Waals surface area contributed by atoms with E-state index in [-0.39, 0.29) is 24.1 Å². The predicted molar refractivity (Wildman–Crippen MR) is 166 cm³/mol. The van der Waals surface area contributed by atoms with Crippen LogP contribution in [0.1, 0.15) is 27.2 Å². The second kappa shape index (κ2) is 13.1. The smallest absolute Gasteiger partial charge is 0.253 e. The minimum absolute atomic E-state index is 0.0187. The van der Waals surface area contributed by atoms with Gasteiger partial charge in [0.25, 0.3) is 5.91 Å². The molecular formula is C30H28BCl2N5O4. The van der Waals surface area contributed by atoms with E-state index < -0.39 is 11.8 Å². The van der Waals surface area contributed by atoms with Crippen LogP contribution in [0.25, 0.3) is 11.7 Å². The van der Waals surface area contributed by atoms with Gasteiger partial charge in [-0.05, 0) is 60.6 Å². The van der Waals surface area contributed by atoms with Gasteiger partial charge >= 0.3 is 0 Å². The molecule has 3 amide bonds. The maximum absolute atomic E-state index is 12.9. The van der Waals surface area contributed by atoms with Crippen molar-refractivity contribution in [3.63, 3.8) is 0 Å². The molecule has 42 heavy (non-hydrogen) atoms. The monoisotopic (exact) mass is 603 g/mol. The first-order valence-corrected chi connectivity index (χ1v) is 13.6. The number of pyridine rings is 1. The first kappa shape index (κ1) is 30.7. The minimum atomic E-state index is -0.453. The molecule has 0 bridgehead atoms. The van der Waals surface area contributed by atoms with Crippen molar-refractivity contribution in [2.45, 2.75) is 13.5 Å². The standard InChI is InChI=1S/C30H28BCl2N5O4/c1-18-28(31)38-15-5-6-24(29(38)35-18)42-17-21-22(32)12-13-23(27(21)33)37(4)26(40)16-34-25(39)14-9-19-7-10-20(11-8-19)30(41)36(2)3/h5-15H,16-17H2,1-4H3,(H,34,39)/b14-9+. The third kappa shape index (κ3) is 6.78. The molecule has 4 rings (SSSR count). The number of hydrogen-bond donors (Lipinski definition) is 1. The molecule has 1 N–H and O–H groups in total. The Morgan fingerprint density at radius 3 is 2.48 bits per heavy atom. The summed E-state index contributed by atoms with van der Waals surface area (Å²) in [5, 5.41) is 3.18. The summed E-state index contributed by atoms with van der Waals surface area (Å²) >= 11 is 13.1. The lowest BCUT2D eigenvalue weighted by atomic mass is 10.0. The van der Waals surface area contributed by atoms with Gasteiger partial charge in [-0.15, -0.1) is 0 Å². The number of amides is 3. The van der Waals surface area contributed by atoms with Crippen molar-refractivity contribution >= 4 is 71.8 Å². The first-order chi connectivity index (χ1) is 20.0. The van der Waals surface area contributed by atoms with Gasteiger partial charge in [-0.1, -0.05) is 35.3 Å². The summed E-state index contributed by atoms with van der Waals surface area (Å²) in [4.78, 5) is 44.5. The number of rotatable bonds is 9. The molecule has 0 unspecified atom stereocenters. The summed E-state index contributed by atoms with van der Waals surface area (Å²) in [6.07, 6.45) is 4.70. The zero-order chi connectivity index (χ0) is 30.6. The molecule has 0 atom stereocenters. The maximum atomic E-state index is 12.9. The zero-order valence-electron chi connectivity index (χ0n) is 23.5. The summed E-state index contributed by atoms with van der Waals surface area (Å²) in [7, 11) is 11.0. The molecule has 4 aromatic rings. The van der Waals surface area contributed by atoms with Crippen LogP contribution in [0.3, 0.4) is 0 Å². The van der Waals surface area contributed by atoms with E-state index in [9.17, 15) is 14.4 Å². The SMILES string of the molecule is [B]c1c(C)nc2c(OCc3c(Cl)ccc(N(C)C(=O)CNC(=O)/C=C/c4ccc(C(=O)N(C)C)cc4)c3Cl)cccn12. The number of benzene rings is 2. The Hall–Kier alpha value is -4.28. The van der Waals surface area contributed by atoms with Gasteiger partial charge in [0, 0.05) is 55.3 Å². The van der Waals surface area contributed by atoms with Crippen molar-refractivity contribution in [3.8, 4) is 5.75 Å². The highest BCUT2D eigenvalue weighted by atomic mass is 35.5. The number of imidazole rings is 1. The van der Waals surface area contributed by atoms with E-state index in [1.54, 1.807) is 86.3 Å². The number of halogens is 2. The summed E-state index contributed by atoms with van der Waals surface area (Å²) < 4.78 is 7.73. The topological polar surface area (TPSA) is 96.2 Å². The Balaban J connectivity index is 1.38. The molecule has 0 spiro atoms. The predicted octanol–water partition coefficient (Wildman–Crippen LogP) is 3.82. The lowest BCUT2D eigenvalue weighted by Crippen LogP contribution is -2.37. The van der Waals surface area contributed by atoms with E-state index in [2.05, 4.69) is 10.3 Å². The van der Waals surface area contributed by atoms with E-state index in [1.807, 2.05) is 6.92 Å². The number of aryl methyl sites for hydroxylation is 1. The van der Waals surface area contributed by atoms with Crippen LogP contribution in [0.15, 0.2) is 60.8 Å². The van der Waals surface area contributed by atoms with Crippen LogP contribution in [0.5, 0.6) is 5.75 Å². The van der Waals surface area contributed by atoms with Crippen LogP contribution < -0.4 is 20.5 Å². The Kier molecular flexibility index (Phi) is 9.60. The fraction of sp³-hybridized carbons (Fsp3) is 0.200. The molecule has 2 aromatic carbocycles. The normalized spacial score (nSPS) is 11.1. The molecule has 214 valence electrons. The molecule has 0 saturated heterocycles. The van der Waals surface area contributed by atoms with Crippen molar-refractivity contribution in [1.82, 2.24) is 19.6 Å². The third-order valence-electron chi connectivity index (χ3n) is 6.51. The molecule has 9 nitrogen and oxygen atoms in total. The Morgan fingerprint density at radius 1 is 1.07 bits per heavy atom. The highest BCUT2D eigenvalue weighted by Gasteiger charge is 2.19. The van der Waals surface area contributed by atoms with Crippen LogP contribution in [-0.2, 0) is 16.2 Å². The van der Waals surface area contributed by atoms with Gasteiger partial charge in [0.1, 0.15) is 14.5 Å². The average Bonchev–Trinajstić information content (AvgIpc) is 3.27. The Morgan fingerprint density at radius 2 is 1.79 bits per heavy atom. The highest BCUT2D eigenvalue weighted by Crippen LogP contribution is 2.35. The van der Waals surface area contributed by atoms with Gasteiger partial charge in [0.15, 0.2) is 11.4 Å². The van der Waals surface area contributed by atoms with Gasteiger partial charge in [-0.2, -0.15) is 0 Å². The van der Waals surface area contributed by atoms with Crippen molar-refractivity contribution in [3.05, 3.63) is 93.2 Å². The van der Waals surface area contributed by atoms with Crippen LogP contribution in [0, 0.1) is 6.92 Å². The number of aromatic nitrogens is 2. The van der Waals surface area contributed by atoms with Crippen LogP contribution in [0.4, 0.5) is 5.69 Å². The minimum Gasteiger partial charge on any atom is -0.485 e. The largest absolute Gasteiger partial charge is 0.485 e. The number of likely N-dealkylation sites (N-methyl/N-ethyl adjacent to an activating group) is 1. The molecule has 0 saturated carbocycles. The molecule has 2 heterocycles. The number of carbonyl (C=O) groups excluding carboxylic acids is 3. The zero-order valence-corrected chi connectivity index (χ0v) is 25.0. The molecule has 0 aliphatic rings. The maximum Gasteiger partial charge on any atom is 0.253 e. The van der Waals surface area contributed by atoms with Crippen molar-refractivity contribution in [1.29, 1.82) is 0 Å².